The first-order chi connectivity index (χ1) is 17.3. The molecule has 0 aliphatic carbocycles. The summed E-state index contributed by atoms with van der Waals surface area (Å²) in [6.45, 7) is 4.59. The number of rotatable bonds is 6. The first kappa shape index (κ1) is 23.3. The van der Waals surface area contributed by atoms with Gasteiger partial charge in [0.25, 0.3) is 5.78 Å². The number of aliphatic hydroxyl groups is 1. The standard InChI is InChI=1S/C28H24FN3O4/c1-16(2)15-36-18-13-11-17(12-14-18)25(33)23-24(19-7-3-4-8-20(19)29)32(27(35)26(23)34)28-30-21-9-5-6-10-22(21)31-28/h3-14,16,24,33H,15H2,1-2H3,(H,30,31)/b25-23+. The minimum absolute atomic E-state index is 0.0654. The number of ether oxygens (including phenoxy) is 1. The van der Waals surface area contributed by atoms with Crippen molar-refractivity contribution in [2.45, 2.75) is 19.9 Å². The van der Waals surface area contributed by atoms with Gasteiger partial charge in [0.1, 0.15) is 23.4 Å². The number of benzene rings is 3. The maximum atomic E-state index is 15.0. The molecule has 0 saturated carbocycles. The van der Waals surface area contributed by atoms with Crippen LogP contribution in [0.25, 0.3) is 16.8 Å². The van der Waals surface area contributed by atoms with Crippen molar-refractivity contribution < 1.29 is 23.8 Å². The Hall–Kier alpha value is -4.46. The fourth-order valence-electron chi connectivity index (χ4n) is 4.22. The Balaban J connectivity index is 1.63. The molecule has 1 atom stereocenters. The Labute approximate surface area is 206 Å². The third kappa shape index (κ3) is 4.11. The zero-order valence-electron chi connectivity index (χ0n) is 19.7. The molecule has 1 saturated heterocycles. The number of aromatic amines is 1. The average molecular weight is 486 g/mol. The fraction of sp³-hybridized carbons (Fsp3) is 0.179. The number of nitrogens with one attached hydrogen (secondary N) is 1. The summed E-state index contributed by atoms with van der Waals surface area (Å²) in [5.74, 6) is -1.84. The van der Waals surface area contributed by atoms with Crippen molar-refractivity contribution in [3.8, 4) is 5.75 Å². The molecule has 0 bridgehead atoms. The first-order valence-corrected chi connectivity index (χ1v) is 11.6. The highest BCUT2D eigenvalue weighted by molar-refractivity contribution is 6.51. The lowest BCUT2D eigenvalue weighted by Gasteiger charge is -2.23. The second-order valence-corrected chi connectivity index (χ2v) is 9.00. The average Bonchev–Trinajstić information content (AvgIpc) is 3.41. The number of imidazole rings is 1. The normalized spacial score (nSPS) is 17.3. The maximum absolute atomic E-state index is 15.0. The summed E-state index contributed by atoms with van der Waals surface area (Å²) >= 11 is 0. The first-order valence-electron chi connectivity index (χ1n) is 11.6. The summed E-state index contributed by atoms with van der Waals surface area (Å²) in [6, 6.07) is 18.3. The molecule has 1 fully saturated rings. The van der Waals surface area contributed by atoms with E-state index in [1.807, 2.05) is 13.8 Å². The van der Waals surface area contributed by atoms with Gasteiger partial charge in [0.15, 0.2) is 0 Å². The summed E-state index contributed by atoms with van der Waals surface area (Å²) in [7, 11) is 0. The minimum atomic E-state index is -1.22. The van der Waals surface area contributed by atoms with E-state index in [0.29, 0.717) is 34.9 Å². The number of aromatic nitrogens is 2. The molecule has 0 radical (unpaired) electrons. The predicted molar refractivity (Wildman–Crippen MR) is 134 cm³/mol. The van der Waals surface area contributed by atoms with Gasteiger partial charge in [-0.05, 0) is 48.4 Å². The van der Waals surface area contributed by atoms with Crippen LogP contribution in [0.4, 0.5) is 10.3 Å². The van der Waals surface area contributed by atoms with Crippen molar-refractivity contribution in [2.24, 2.45) is 5.92 Å². The third-order valence-electron chi connectivity index (χ3n) is 5.96. The van der Waals surface area contributed by atoms with Gasteiger partial charge in [-0.3, -0.25) is 14.5 Å². The molecule has 2 heterocycles. The number of hydrogen-bond acceptors (Lipinski definition) is 5. The van der Waals surface area contributed by atoms with Crippen LogP contribution >= 0.6 is 0 Å². The lowest BCUT2D eigenvalue weighted by molar-refractivity contribution is -0.132. The number of carbonyl (C=O) groups excluding carboxylic acids is 2. The summed E-state index contributed by atoms with van der Waals surface area (Å²) < 4.78 is 20.7. The molecular formula is C28H24FN3O4. The van der Waals surface area contributed by atoms with Gasteiger partial charge in [0.05, 0.1) is 23.2 Å². The zero-order chi connectivity index (χ0) is 25.4. The van der Waals surface area contributed by atoms with Crippen LogP contribution in [0.1, 0.15) is 31.0 Å². The second-order valence-electron chi connectivity index (χ2n) is 9.00. The highest BCUT2D eigenvalue weighted by atomic mass is 19.1. The molecule has 36 heavy (non-hydrogen) atoms. The monoisotopic (exact) mass is 485 g/mol. The summed E-state index contributed by atoms with van der Waals surface area (Å²) in [6.07, 6.45) is 0. The molecule has 1 aliphatic rings. The van der Waals surface area contributed by atoms with Gasteiger partial charge in [-0.25, -0.2) is 9.37 Å². The van der Waals surface area contributed by atoms with Crippen molar-refractivity contribution in [3.63, 3.8) is 0 Å². The molecule has 8 heteroatoms. The summed E-state index contributed by atoms with van der Waals surface area (Å²) in [5.41, 5.74) is 1.38. The van der Waals surface area contributed by atoms with E-state index in [0.717, 1.165) is 4.90 Å². The molecule has 5 rings (SSSR count). The van der Waals surface area contributed by atoms with Crippen LogP contribution in [0.2, 0.25) is 0 Å². The Morgan fingerprint density at radius 3 is 2.44 bits per heavy atom. The number of H-pyrrole nitrogens is 1. The molecule has 7 nitrogen and oxygen atoms in total. The number of para-hydroxylation sites is 2. The molecule has 2 N–H and O–H groups in total. The van der Waals surface area contributed by atoms with Crippen LogP contribution in [-0.4, -0.2) is 33.4 Å². The third-order valence-corrected chi connectivity index (χ3v) is 5.96. The molecular weight excluding hydrogens is 461 g/mol. The SMILES string of the molecule is CC(C)COc1ccc(/C(O)=C2\C(=O)C(=O)N(c3nc4ccccc4[nH]3)C2c2ccccc2F)cc1. The molecule has 1 unspecified atom stereocenters. The number of hydrogen-bond donors (Lipinski definition) is 2. The number of carbonyl (C=O) groups is 2. The zero-order valence-corrected chi connectivity index (χ0v) is 19.7. The van der Waals surface area contributed by atoms with Crippen molar-refractivity contribution in [1.82, 2.24) is 9.97 Å². The largest absolute Gasteiger partial charge is 0.507 e. The molecule has 1 amide bonds. The van der Waals surface area contributed by atoms with Gasteiger partial charge >= 0.3 is 5.91 Å². The second kappa shape index (κ2) is 9.30. The molecule has 1 aliphatic heterocycles. The van der Waals surface area contributed by atoms with E-state index in [4.69, 9.17) is 4.74 Å². The van der Waals surface area contributed by atoms with Crippen molar-refractivity contribution in [2.75, 3.05) is 11.5 Å². The minimum Gasteiger partial charge on any atom is -0.507 e. The highest BCUT2D eigenvalue weighted by Gasteiger charge is 2.49. The van der Waals surface area contributed by atoms with Gasteiger partial charge < -0.3 is 14.8 Å². The Bertz CT molecular complexity index is 1460. The number of halogens is 1. The number of amides is 1. The number of nitrogens with zero attached hydrogens (tertiary/aromatic N) is 2. The molecule has 3 aromatic carbocycles. The van der Waals surface area contributed by atoms with E-state index in [1.54, 1.807) is 54.6 Å². The van der Waals surface area contributed by atoms with Gasteiger partial charge in [-0.1, -0.05) is 44.2 Å². The summed E-state index contributed by atoms with van der Waals surface area (Å²) in [5, 5.41) is 11.2. The lowest BCUT2D eigenvalue weighted by Crippen LogP contribution is -2.30. The van der Waals surface area contributed by atoms with Crippen LogP contribution in [-0.2, 0) is 9.59 Å². The van der Waals surface area contributed by atoms with E-state index >= 15 is 4.39 Å². The Morgan fingerprint density at radius 2 is 1.75 bits per heavy atom. The van der Waals surface area contributed by atoms with Crippen molar-refractivity contribution in [3.05, 3.63) is 95.3 Å². The molecule has 1 aromatic heterocycles. The molecule has 182 valence electrons. The predicted octanol–water partition coefficient (Wildman–Crippen LogP) is 5.36. The van der Waals surface area contributed by atoms with E-state index in [2.05, 4.69) is 9.97 Å². The molecule has 4 aromatic rings. The van der Waals surface area contributed by atoms with Gasteiger partial charge in [-0.2, -0.15) is 0 Å². The van der Waals surface area contributed by atoms with Gasteiger partial charge in [-0.15, -0.1) is 0 Å². The van der Waals surface area contributed by atoms with Crippen LogP contribution in [0.3, 0.4) is 0 Å². The Morgan fingerprint density at radius 1 is 1.06 bits per heavy atom. The van der Waals surface area contributed by atoms with Gasteiger partial charge in [0, 0.05) is 11.1 Å². The van der Waals surface area contributed by atoms with Crippen LogP contribution in [0, 0.1) is 11.7 Å². The van der Waals surface area contributed by atoms with E-state index < -0.39 is 29.3 Å². The fourth-order valence-corrected chi connectivity index (χ4v) is 4.22. The number of aliphatic hydroxyl groups excluding tert-OH is 1. The van der Waals surface area contributed by atoms with Crippen LogP contribution in [0.5, 0.6) is 5.75 Å². The van der Waals surface area contributed by atoms with Crippen molar-refractivity contribution in [1.29, 1.82) is 0 Å². The van der Waals surface area contributed by atoms with Crippen LogP contribution < -0.4 is 9.64 Å². The highest BCUT2D eigenvalue weighted by Crippen LogP contribution is 2.42. The van der Waals surface area contributed by atoms with Crippen LogP contribution in [0.15, 0.2) is 78.4 Å². The maximum Gasteiger partial charge on any atom is 0.302 e. The quantitative estimate of drug-likeness (QED) is 0.218. The number of fused-ring (bicyclic) bond motifs is 1. The molecule has 0 spiro atoms. The Kier molecular flexibility index (Phi) is 6.01. The van der Waals surface area contributed by atoms with E-state index in [-0.39, 0.29) is 17.1 Å². The lowest BCUT2D eigenvalue weighted by atomic mass is 9.95. The van der Waals surface area contributed by atoms with Gasteiger partial charge in [0.2, 0.25) is 5.95 Å². The van der Waals surface area contributed by atoms with E-state index in [9.17, 15) is 14.7 Å². The summed E-state index contributed by atoms with van der Waals surface area (Å²) in [4.78, 5) is 35.1. The number of ketones is 1. The number of anilines is 1. The van der Waals surface area contributed by atoms with Crippen molar-refractivity contribution >= 4 is 34.4 Å². The number of Topliss-reactive ketones (excluding diaryl/α,β-unsaturated/α-hetero) is 1. The topological polar surface area (TPSA) is 95.5 Å². The van der Waals surface area contributed by atoms with E-state index in [1.165, 1.54) is 18.2 Å². The smallest absolute Gasteiger partial charge is 0.302 e.